The molecule has 1 heterocycles. The van der Waals surface area contributed by atoms with Crippen LogP contribution >= 0.6 is 0 Å². The Kier molecular flexibility index (Phi) is 8.27. The van der Waals surface area contributed by atoms with Crippen LogP contribution in [-0.2, 0) is 13.2 Å². The molecule has 3 N–H and O–H groups in total. The lowest BCUT2D eigenvalue weighted by atomic mass is 10.2. The highest BCUT2D eigenvalue weighted by Gasteiger charge is 2.24. The van der Waals surface area contributed by atoms with E-state index in [0.717, 1.165) is 11.6 Å². The number of benzene rings is 3. The molecule has 1 aromatic heterocycles. The zero-order valence-corrected chi connectivity index (χ0v) is 20.1. The molecule has 1 atom stereocenters. The second-order valence-electron chi connectivity index (χ2n) is 8.25. The predicted molar refractivity (Wildman–Crippen MR) is 129 cm³/mol. The van der Waals surface area contributed by atoms with Crippen LogP contribution in [0.3, 0.4) is 0 Å². The van der Waals surface area contributed by atoms with Crippen molar-refractivity contribution in [2.75, 3.05) is 0 Å². The van der Waals surface area contributed by atoms with Gasteiger partial charge in [0.2, 0.25) is 5.89 Å². The van der Waals surface area contributed by atoms with Crippen molar-refractivity contribution in [3.05, 3.63) is 101 Å². The number of hydrogen-bond donors (Lipinski definition) is 2. The Balaban J connectivity index is 1.60. The van der Waals surface area contributed by atoms with E-state index in [9.17, 15) is 22.4 Å². The number of nitrogens with two attached hydrogens (primary N) is 1. The molecule has 7 nitrogen and oxygen atoms in total. The van der Waals surface area contributed by atoms with Crippen molar-refractivity contribution in [3.8, 4) is 23.0 Å². The minimum absolute atomic E-state index is 0.00462. The second-order valence-corrected chi connectivity index (χ2v) is 8.25. The molecule has 0 aliphatic rings. The van der Waals surface area contributed by atoms with Gasteiger partial charge in [0.15, 0.2) is 23.0 Å². The topological polar surface area (TPSA) is 99.6 Å². The molecule has 0 aliphatic carbocycles. The molecule has 3 aromatic carbocycles. The third-order valence-electron chi connectivity index (χ3n) is 5.38. The summed E-state index contributed by atoms with van der Waals surface area (Å²) in [6.07, 6.45) is 0. The van der Waals surface area contributed by atoms with Crippen LogP contribution in [0.5, 0.6) is 11.5 Å². The van der Waals surface area contributed by atoms with E-state index in [4.69, 9.17) is 14.9 Å². The highest BCUT2D eigenvalue weighted by Crippen LogP contribution is 2.35. The monoisotopic (exact) mass is 529 g/mol. The van der Waals surface area contributed by atoms with Crippen LogP contribution in [0.15, 0.2) is 71.1 Å². The summed E-state index contributed by atoms with van der Waals surface area (Å²) in [5, 5.41) is 2.51. The third kappa shape index (κ3) is 6.48. The third-order valence-corrected chi connectivity index (χ3v) is 5.38. The first-order chi connectivity index (χ1) is 18.2. The van der Waals surface area contributed by atoms with Gasteiger partial charge in [-0.05, 0) is 36.8 Å². The molecule has 4 aromatic rings. The minimum Gasteiger partial charge on any atom is -0.485 e. The van der Waals surface area contributed by atoms with Gasteiger partial charge in [0.1, 0.15) is 18.2 Å². The molecule has 0 saturated heterocycles. The van der Waals surface area contributed by atoms with Gasteiger partial charge in [-0.25, -0.2) is 13.8 Å². The average Bonchev–Trinajstić information content (AvgIpc) is 3.34. The standard InChI is InChI=1S/C27H23F4N3O4/c1-15(32)24-23(25(35)33-13-18-7-9-19(28)12-20(18)29)34-26(38-24)17-8-10-21(37-27(30)31)22(11-17)36-14-16-5-3-2-4-6-16/h2-12,15,27H,13-14,32H2,1H3,(H,33,35)/t15-/m0/s1. The number of halogens is 4. The van der Waals surface area contributed by atoms with Crippen molar-refractivity contribution in [1.82, 2.24) is 10.3 Å². The van der Waals surface area contributed by atoms with Crippen molar-refractivity contribution >= 4 is 5.91 Å². The summed E-state index contributed by atoms with van der Waals surface area (Å²) in [4.78, 5) is 17.1. The highest BCUT2D eigenvalue weighted by molar-refractivity contribution is 5.94. The van der Waals surface area contributed by atoms with Gasteiger partial charge >= 0.3 is 6.61 Å². The zero-order chi connectivity index (χ0) is 27.2. The van der Waals surface area contributed by atoms with Gasteiger partial charge in [0, 0.05) is 23.7 Å². The van der Waals surface area contributed by atoms with E-state index in [0.29, 0.717) is 11.6 Å². The maximum atomic E-state index is 13.9. The fourth-order valence-electron chi connectivity index (χ4n) is 3.53. The van der Waals surface area contributed by atoms with E-state index in [-0.39, 0.29) is 47.6 Å². The SMILES string of the molecule is C[C@H](N)c1oc(-c2ccc(OC(F)F)c(OCc3ccccc3)c2)nc1C(=O)NCc1ccc(F)cc1F. The van der Waals surface area contributed by atoms with E-state index < -0.39 is 30.2 Å². The molecule has 0 saturated carbocycles. The van der Waals surface area contributed by atoms with Crippen LogP contribution in [0.4, 0.5) is 17.6 Å². The molecule has 1 amide bonds. The molecule has 4 rings (SSSR count). The van der Waals surface area contributed by atoms with Gasteiger partial charge in [-0.15, -0.1) is 0 Å². The number of carbonyl (C=O) groups is 1. The summed E-state index contributed by atoms with van der Waals surface area (Å²) in [7, 11) is 0. The summed E-state index contributed by atoms with van der Waals surface area (Å²) < 4.78 is 69.0. The molecule has 0 fully saturated rings. The lowest BCUT2D eigenvalue weighted by molar-refractivity contribution is -0.0515. The molecule has 0 spiro atoms. The molecule has 198 valence electrons. The van der Waals surface area contributed by atoms with Crippen LogP contribution < -0.4 is 20.5 Å². The van der Waals surface area contributed by atoms with Crippen LogP contribution in [0, 0.1) is 11.6 Å². The normalized spacial score (nSPS) is 11.9. The lowest BCUT2D eigenvalue weighted by Crippen LogP contribution is -2.25. The maximum Gasteiger partial charge on any atom is 0.387 e. The van der Waals surface area contributed by atoms with Crippen molar-refractivity contribution in [3.63, 3.8) is 0 Å². The first kappa shape index (κ1) is 26.7. The fourth-order valence-corrected chi connectivity index (χ4v) is 3.53. The van der Waals surface area contributed by atoms with E-state index in [1.54, 1.807) is 6.92 Å². The number of aromatic nitrogens is 1. The number of nitrogens with zero attached hydrogens (tertiary/aromatic N) is 1. The number of alkyl halides is 2. The molecular formula is C27H23F4N3O4. The average molecular weight is 529 g/mol. The first-order valence-corrected chi connectivity index (χ1v) is 11.5. The van der Waals surface area contributed by atoms with Gasteiger partial charge < -0.3 is 24.9 Å². The van der Waals surface area contributed by atoms with Gasteiger partial charge in [0.05, 0.1) is 6.04 Å². The number of carbonyl (C=O) groups excluding carboxylic acids is 1. The van der Waals surface area contributed by atoms with Crippen molar-refractivity contribution < 1.29 is 36.2 Å². The highest BCUT2D eigenvalue weighted by atomic mass is 19.3. The number of nitrogens with one attached hydrogen (secondary N) is 1. The summed E-state index contributed by atoms with van der Waals surface area (Å²) in [6, 6.07) is 15.4. The quantitative estimate of drug-likeness (QED) is 0.254. The van der Waals surface area contributed by atoms with Gasteiger partial charge in [-0.2, -0.15) is 8.78 Å². The predicted octanol–water partition coefficient (Wildman–Crippen LogP) is 5.75. The Morgan fingerprint density at radius 1 is 1.05 bits per heavy atom. The number of oxazole rings is 1. The van der Waals surface area contributed by atoms with Crippen LogP contribution in [0.1, 0.15) is 40.3 Å². The van der Waals surface area contributed by atoms with Gasteiger partial charge in [0.25, 0.3) is 5.91 Å². The maximum absolute atomic E-state index is 13.9. The Morgan fingerprint density at radius 2 is 1.82 bits per heavy atom. The largest absolute Gasteiger partial charge is 0.485 e. The molecule has 11 heteroatoms. The zero-order valence-electron chi connectivity index (χ0n) is 20.1. The Hall–Kier alpha value is -4.38. The van der Waals surface area contributed by atoms with Crippen LogP contribution in [0.2, 0.25) is 0 Å². The number of ether oxygens (including phenoxy) is 2. The molecule has 0 aliphatic heterocycles. The van der Waals surface area contributed by atoms with Gasteiger partial charge in [-0.1, -0.05) is 36.4 Å². The van der Waals surface area contributed by atoms with Crippen molar-refractivity contribution in [2.24, 2.45) is 5.73 Å². The van der Waals surface area contributed by atoms with E-state index >= 15 is 0 Å². The number of rotatable bonds is 10. The molecule has 38 heavy (non-hydrogen) atoms. The summed E-state index contributed by atoms with van der Waals surface area (Å²) >= 11 is 0. The Labute approximate surface area is 215 Å². The van der Waals surface area contributed by atoms with Crippen molar-refractivity contribution in [2.45, 2.75) is 32.7 Å². The molecule has 0 bridgehead atoms. The van der Waals surface area contributed by atoms with E-state index in [2.05, 4.69) is 15.0 Å². The minimum atomic E-state index is -3.08. The van der Waals surface area contributed by atoms with E-state index in [1.165, 1.54) is 24.3 Å². The fraction of sp³-hybridized carbons (Fsp3) is 0.185. The van der Waals surface area contributed by atoms with E-state index in [1.807, 2.05) is 30.3 Å². The number of amides is 1. The summed E-state index contributed by atoms with van der Waals surface area (Å²) in [6.45, 7) is -1.65. The Morgan fingerprint density at radius 3 is 2.50 bits per heavy atom. The van der Waals surface area contributed by atoms with Crippen LogP contribution in [0.25, 0.3) is 11.5 Å². The molecule has 0 unspecified atom stereocenters. The smallest absolute Gasteiger partial charge is 0.387 e. The molecule has 0 radical (unpaired) electrons. The number of hydrogen-bond acceptors (Lipinski definition) is 6. The summed E-state index contributed by atoms with van der Waals surface area (Å²) in [5.41, 5.74) is 7.00. The Bertz CT molecular complexity index is 1410. The summed E-state index contributed by atoms with van der Waals surface area (Å²) in [5.74, 6) is -2.42. The lowest BCUT2D eigenvalue weighted by Gasteiger charge is -2.13. The van der Waals surface area contributed by atoms with Crippen LogP contribution in [-0.4, -0.2) is 17.5 Å². The van der Waals surface area contributed by atoms with Crippen molar-refractivity contribution in [1.29, 1.82) is 0 Å². The molecular weight excluding hydrogens is 506 g/mol. The van der Waals surface area contributed by atoms with Gasteiger partial charge in [-0.3, -0.25) is 4.79 Å². The second kappa shape index (κ2) is 11.8. The first-order valence-electron chi connectivity index (χ1n) is 11.5.